The second-order valence-corrected chi connectivity index (χ2v) is 7.85. The van der Waals surface area contributed by atoms with Gasteiger partial charge in [0, 0.05) is 17.4 Å². The van der Waals surface area contributed by atoms with Crippen molar-refractivity contribution in [1.29, 1.82) is 0 Å². The summed E-state index contributed by atoms with van der Waals surface area (Å²) < 4.78 is 6.91. The summed E-state index contributed by atoms with van der Waals surface area (Å²) in [5.74, 6) is 1.24. The average molecular weight is 364 g/mol. The summed E-state index contributed by atoms with van der Waals surface area (Å²) in [4.78, 5) is 10.7. The van der Waals surface area contributed by atoms with E-state index in [1.807, 2.05) is 36.4 Å². The topological polar surface area (TPSA) is 94.9 Å². The third-order valence-electron chi connectivity index (χ3n) is 2.69. The first kappa shape index (κ1) is 16.0. The van der Waals surface area contributed by atoms with Crippen LogP contribution in [0.3, 0.4) is 0 Å². The molecule has 1 amide bonds. The molecule has 0 saturated carbocycles. The number of primary amides is 1. The van der Waals surface area contributed by atoms with Crippen molar-refractivity contribution in [3.05, 3.63) is 42.1 Å². The second kappa shape index (κ2) is 7.62. The zero-order valence-electron chi connectivity index (χ0n) is 11.8. The van der Waals surface area contributed by atoms with E-state index in [1.165, 1.54) is 34.9 Å². The van der Waals surface area contributed by atoms with Gasteiger partial charge in [-0.1, -0.05) is 70.3 Å². The van der Waals surface area contributed by atoms with Crippen LogP contribution in [-0.4, -0.2) is 27.0 Å². The number of amides is 1. The van der Waals surface area contributed by atoms with Gasteiger partial charge in [-0.25, -0.2) is 0 Å². The molecule has 0 spiro atoms. The number of benzene rings is 1. The highest BCUT2D eigenvalue weighted by atomic mass is 32.2. The van der Waals surface area contributed by atoms with E-state index in [1.54, 1.807) is 0 Å². The zero-order chi connectivity index (χ0) is 16.1. The maximum Gasteiger partial charge on any atom is 0.227 e. The Morgan fingerprint density at radius 3 is 2.65 bits per heavy atom. The van der Waals surface area contributed by atoms with Crippen LogP contribution in [-0.2, 0) is 10.5 Å². The number of aromatic nitrogens is 3. The molecular formula is C14H12N4O2S3. The Balaban J connectivity index is 1.57. The lowest BCUT2D eigenvalue weighted by molar-refractivity contribution is -0.115. The average Bonchev–Trinajstić information content (AvgIpc) is 3.21. The van der Waals surface area contributed by atoms with Gasteiger partial charge in [-0.15, -0.1) is 10.2 Å². The van der Waals surface area contributed by atoms with Crippen molar-refractivity contribution in [2.45, 2.75) is 14.4 Å². The fraction of sp³-hybridized carbons (Fsp3) is 0.143. The molecule has 0 fully saturated rings. The Morgan fingerprint density at radius 2 is 1.91 bits per heavy atom. The van der Waals surface area contributed by atoms with Gasteiger partial charge < -0.3 is 10.3 Å². The number of carbonyl (C=O) groups is 1. The normalized spacial score (nSPS) is 10.8. The largest absolute Gasteiger partial charge is 0.369 e. The first-order valence-electron chi connectivity index (χ1n) is 6.59. The number of carbonyl (C=O) groups excluding carboxylic acids is 1. The molecule has 0 bridgehead atoms. The summed E-state index contributed by atoms with van der Waals surface area (Å²) in [6, 6.07) is 11.7. The summed E-state index contributed by atoms with van der Waals surface area (Å²) >= 11 is 4.26. The van der Waals surface area contributed by atoms with Gasteiger partial charge in [0.1, 0.15) is 0 Å². The summed E-state index contributed by atoms with van der Waals surface area (Å²) in [5.41, 5.74) is 6.95. The predicted molar refractivity (Wildman–Crippen MR) is 91.3 cm³/mol. The number of nitrogens with two attached hydrogens (primary N) is 1. The number of rotatable bonds is 7. The molecule has 118 valence electrons. The molecule has 3 aromatic rings. The Kier molecular flexibility index (Phi) is 5.31. The molecule has 9 heteroatoms. The summed E-state index contributed by atoms with van der Waals surface area (Å²) in [6.07, 6.45) is 0. The molecule has 0 aliphatic heterocycles. The van der Waals surface area contributed by atoms with Crippen LogP contribution >= 0.6 is 34.9 Å². The molecule has 2 heterocycles. The molecule has 2 N–H and O–H groups in total. The van der Waals surface area contributed by atoms with Crippen molar-refractivity contribution in [2.24, 2.45) is 5.73 Å². The minimum Gasteiger partial charge on any atom is -0.369 e. The molecule has 0 saturated heterocycles. The number of hydrogen-bond donors (Lipinski definition) is 1. The Hall–Kier alpha value is -1.84. The van der Waals surface area contributed by atoms with Crippen molar-refractivity contribution in [3.63, 3.8) is 0 Å². The van der Waals surface area contributed by atoms with Gasteiger partial charge in [-0.2, -0.15) is 0 Å². The smallest absolute Gasteiger partial charge is 0.227 e. The summed E-state index contributed by atoms with van der Waals surface area (Å²) in [5, 5.41) is 12.2. The van der Waals surface area contributed by atoms with Crippen LogP contribution in [0.1, 0.15) is 5.69 Å². The molecule has 1 aromatic carbocycles. The van der Waals surface area contributed by atoms with E-state index < -0.39 is 0 Å². The maximum absolute atomic E-state index is 10.7. The molecule has 2 aromatic heterocycles. The standard InChI is InChI=1S/C14H12N4O2S3/c15-12(19)8-22-14-17-16-13(23-14)21-7-10-6-11(20-18-10)9-4-2-1-3-5-9/h1-6H,7-8H2,(H2,15,19). The van der Waals surface area contributed by atoms with Crippen LogP contribution in [0.15, 0.2) is 49.6 Å². The van der Waals surface area contributed by atoms with Gasteiger partial charge in [-0.05, 0) is 0 Å². The van der Waals surface area contributed by atoms with E-state index in [9.17, 15) is 4.79 Å². The fourth-order valence-electron chi connectivity index (χ4n) is 1.70. The van der Waals surface area contributed by atoms with E-state index >= 15 is 0 Å². The molecule has 6 nitrogen and oxygen atoms in total. The molecule has 0 unspecified atom stereocenters. The lowest BCUT2D eigenvalue weighted by Gasteiger charge is -1.92. The molecular weight excluding hydrogens is 352 g/mol. The highest BCUT2D eigenvalue weighted by molar-refractivity contribution is 8.03. The van der Waals surface area contributed by atoms with Crippen molar-refractivity contribution in [3.8, 4) is 11.3 Å². The molecule has 0 aliphatic carbocycles. The van der Waals surface area contributed by atoms with Crippen LogP contribution in [0.5, 0.6) is 0 Å². The van der Waals surface area contributed by atoms with Crippen LogP contribution in [0.2, 0.25) is 0 Å². The van der Waals surface area contributed by atoms with Crippen molar-refractivity contribution in [2.75, 3.05) is 5.75 Å². The molecule has 0 radical (unpaired) electrons. The molecule has 0 aliphatic rings. The van der Waals surface area contributed by atoms with E-state index in [-0.39, 0.29) is 11.7 Å². The summed E-state index contributed by atoms with van der Waals surface area (Å²) in [6.45, 7) is 0. The first-order chi connectivity index (χ1) is 11.2. The zero-order valence-corrected chi connectivity index (χ0v) is 14.3. The van der Waals surface area contributed by atoms with Crippen LogP contribution in [0.4, 0.5) is 0 Å². The molecule has 0 atom stereocenters. The van der Waals surface area contributed by atoms with Crippen molar-refractivity contribution in [1.82, 2.24) is 15.4 Å². The lowest BCUT2D eigenvalue weighted by Crippen LogP contribution is -2.12. The SMILES string of the molecule is NC(=O)CSc1nnc(SCc2cc(-c3ccccc3)on2)s1. The quantitative estimate of drug-likeness (QED) is 0.644. The Bertz CT molecular complexity index is 788. The first-order valence-corrected chi connectivity index (χ1v) is 9.38. The van der Waals surface area contributed by atoms with Crippen molar-refractivity contribution >= 4 is 40.8 Å². The molecule has 23 heavy (non-hydrogen) atoms. The highest BCUT2D eigenvalue weighted by Crippen LogP contribution is 2.31. The Morgan fingerprint density at radius 1 is 1.17 bits per heavy atom. The van der Waals surface area contributed by atoms with Gasteiger partial charge in [0.25, 0.3) is 0 Å². The minimum atomic E-state index is -0.365. The van der Waals surface area contributed by atoms with Gasteiger partial charge in [0.2, 0.25) is 5.91 Å². The van der Waals surface area contributed by atoms with Crippen LogP contribution in [0, 0.1) is 0 Å². The predicted octanol–water partition coefficient (Wildman–Crippen LogP) is 3.06. The third kappa shape index (κ3) is 4.57. The van der Waals surface area contributed by atoms with Crippen LogP contribution in [0.25, 0.3) is 11.3 Å². The maximum atomic E-state index is 10.7. The van der Waals surface area contributed by atoms with Crippen molar-refractivity contribution < 1.29 is 9.32 Å². The van der Waals surface area contributed by atoms with E-state index in [2.05, 4.69) is 15.4 Å². The minimum absolute atomic E-state index is 0.211. The highest BCUT2D eigenvalue weighted by Gasteiger charge is 2.10. The number of hydrogen-bond acceptors (Lipinski definition) is 8. The van der Waals surface area contributed by atoms with E-state index in [0.29, 0.717) is 5.75 Å². The van der Waals surface area contributed by atoms with E-state index in [0.717, 1.165) is 25.7 Å². The van der Waals surface area contributed by atoms with Gasteiger partial charge >= 0.3 is 0 Å². The van der Waals surface area contributed by atoms with E-state index in [4.69, 9.17) is 10.3 Å². The Labute approximate surface area is 144 Å². The van der Waals surface area contributed by atoms with Crippen LogP contribution < -0.4 is 5.73 Å². The van der Waals surface area contributed by atoms with Gasteiger partial charge in [-0.3, -0.25) is 4.79 Å². The second-order valence-electron chi connectivity index (χ2n) is 4.43. The fourth-order valence-corrected chi connectivity index (χ4v) is 4.34. The number of nitrogens with zero attached hydrogens (tertiary/aromatic N) is 3. The lowest BCUT2D eigenvalue weighted by atomic mass is 10.2. The monoisotopic (exact) mass is 364 g/mol. The third-order valence-corrected chi connectivity index (χ3v) is 5.93. The summed E-state index contributed by atoms with van der Waals surface area (Å²) in [7, 11) is 0. The number of thioether (sulfide) groups is 2. The van der Waals surface area contributed by atoms with Gasteiger partial charge in [0.05, 0.1) is 11.4 Å². The van der Waals surface area contributed by atoms with Gasteiger partial charge in [0.15, 0.2) is 14.4 Å². The molecule has 3 rings (SSSR count).